The highest BCUT2D eigenvalue weighted by Crippen LogP contribution is 2.06. The van der Waals surface area contributed by atoms with Gasteiger partial charge in [-0.1, -0.05) is 31.2 Å². The third-order valence-electron chi connectivity index (χ3n) is 1.75. The van der Waals surface area contributed by atoms with Crippen molar-refractivity contribution in [3.8, 4) is 0 Å². The number of hydrogen-bond donors (Lipinski definition) is 0. The van der Waals surface area contributed by atoms with Gasteiger partial charge in [-0.15, -0.1) is 0 Å². The smallest absolute Gasteiger partial charge is 0.0879 e. The van der Waals surface area contributed by atoms with E-state index in [1.807, 2.05) is 24.3 Å². The first-order valence-electron chi connectivity index (χ1n) is 4.02. The molecule has 0 radical (unpaired) electrons. The molecule has 0 saturated heterocycles. The van der Waals surface area contributed by atoms with Crippen LogP contribution in [-0.4, -0.2) is 8.76 Å². The quantitative estimate of drug-likeness (QED) is 0.691. The molecule has 1 aromatic rings. The maximum atomic E-state index is 10.1. The Morgan fingerprint density at radius 1 is 1.31 bits per heavy atom. The normalized spacial score (nSPS) is 12.8. The topological polar surface area (TPSA) is 49.4 Å². The van der Waals surface area contributed by atoms with Crippen LogP contribution in [0.1, 0.15) is 18.1 Å². The maximum absolute atomic E-state index is 10.1. The van der Waals surface area contributed by atoms with Crippen LogP contribution in [0.2, 0.25) is 0 Å². The molecule has 0 aliphatic heterocycles. The Bertz CT molecular complexity index is 281. The fourth-order valence-electron chi connectivity index (χ4n) is 0.987. The van der Waals surface area contributed by atoms with Crippen LogP contribution in [0.15, 0.2) is 24.3 Å². The van der Waals surface area contributed by atoms with Crippen LogP contribution < -0.4 is 0 Å². The van der Waals surface area contributed by atoms with Gasteiger partial charge in [-0.05, 0) is 17.5 Å². The lowest BCUT2D eigenvalue weighted by Gasteiger charge is -2.05. The highest BCUT2D eigenvalue weighted by atomic mass is 32.2. The fourth-order valence-corrected chi connectivity index (χ4v) is 1.22. The molecular weight excluding hydrogens is 188 g/mol. The van der Waals surface area contributed by atoms with Gasteiger partial charge in [-0.3, -0.25) is 4.18 Å². The Labute approximate surface area is 80.2 Å². The third kappa shape index (κ3) is 3.67. The largest absolute Gasteiger partial charge is 0.750 e. The van der Waals surface area contributed by atoms with E-state index in [-0.39, 0.29) is 6.61 Å². The standard InChI is InChI=1S/C9H12O3S/c1-2-8-3-5-9(6-4-8)7-12-13(10)11/h3-6H,2,7H2,1H3,(H,10,11)/p-1. The van der Waals surface area contributed by atoms with Gasteiger partial charge in [-0.2, -0.15) is 0 Å². The van der Waals surface area contributed by atoms with Gasteiger partial charge in [0.15, 0.2) is 0 Å². The molecule has 0 saturated carbocycles. The predicted molar refractivity (Wildman–Crippen MR) is 49.5 cm³/mol. The summed E-state index contributed by atoms with van der Waals surface area (Å²) in [5.41, 5.74) is 2.09. The molecule has 0 N–H and O–H groups in total. The van der Waals surface area contributed by atoms with Gasteiger partial charge < -0.3 is 4.55 Å². The second kappa shape index (κ2) is 5.11. The summed E-state index contributed by atoms with van der Waals surface area (Å²) in [5.74, 6) is 0. The van der Waals surface area contributed by atoms with Crippen LogP contribution in [-0.2, 0) is 28.6 Å². The van der Waals surface area contributed by atoms with E-state index >= 15 is 0 Å². The molecule has 1 rings (SSSR count). The van der Waals surface area contributed by atoms with Crippen LogP contribution in [0.5, 0.6) is 0 Å². The van der Waals surface area contributed by atoms with Crippen molar-refractivity contribution in [2.75, 3.05) is 0 Å². The molecule has 1 atom stereocenters. The zero-order chi connectivity index (χ0) is 9.68. The molecule has 0 amide bonds. The average molecular weight is 199 g/mol. The summed E-state index contributed by atoms with van der Waals surface area (Å²) in [6.45, 7) is 2.18. The molecule has 4 heteroatoms. The molecule has 0 aliphatic carbocycles. The molecular formula is C9H11O3S-. The Morgan fingerprint density at radius 3 is 2.31 bits per heavy atom. The SMILES string of the molecule is CCc1ccc(COS(=O)[O-])cc1. The van der Waals surface area contributed by atoms with Crippen LogP contribution >= 0.6 is 0 Å². The summed E-state index contributed by atoms with van der Waals surface area (Å²) in [4.78, 5) is 0. The van der Waals surface area contributed by atoms with Gasteiger partial charge in [0.1, 0.15) is 0 Å². The Morgan fingerprint density at radius 2 is 1.85 bits per heavy atom. The monoisotopic (exact) mass is 199 g/mol. The lowest BCUT2D eigenvalue weighted by molar-refractivity contribution is 0.291. The molecule has 72 valence electrons. The zero-order valence-electron chi connectivity index (χ0n) is 7.36. The van der Waals surface area contributed by atoms with Gasteiger partial charge in [-0.25, -0.2) is 4.21 Å². The van der Waals surface area contributed by atoms with E-state index in [9.17, 15) is 8.76 Å². The molecule has 0 heterocycles. The van der Waals surface area contributed by atoms with Crippen LogP contribution in [0.3, 0.4) is 0 Å². The number of aryl methyl sites for hydroxylation is 1. The van der Waals surface area contributed by atoms with Gasteiger partial charge in [0.25, 0.3) is 0 Å². The van der Waals surface area contributed by atoms with Crippen molar-refractivity contribution in [2.45, 2.75) is 20.0 Å². The molecule has 1 unspecified atom stereocenters. The fraction of sp³-hybridized carbons (Fsp3) is 0.333. The summed E-state index contributed by atoms with van der Waals surface area (Å²) in [7, 11) is 0. The lowest BCUT2D eigenvalue weighted by atomic mass is 10.1. The molecule has 0 aromatic heterocycles. The van der Waals surface area contributed by atoms with Crippen molar-refractivity contribution in [2.24, 2.45) is 0 Å². The van der Waals surface area contributed by atoms with E-state index in [1.54, 1.807) is 0 Å². The van der Waals surface area contributed by atoms with Crippen molar-refractivity contribution in [1.82, 2.24) is 0 Å². The summed E-state index contributed by atoms with van der Waals surface area (Å²) in [5, 5.41) is 0. The maximum Gasteiger partial charge on any atom is 0.0879 e. The van der Waals surface area contributed by atoms with Crippen LogP contribution in [0.25, 0.3) is 0 Å². The van der Waals surface area contributed by atoms with Crippen molar-refractivity contribution in [3.05, 3.63) is 35.4 Å². The van der Waals surface area contributed by atoms with Crippen LogP contribution in [0.4, 0.5) is 0 Å². The zero-order valence-corrected chi connectivity index (χ0v) is 8.17. The first kappa shape index (κ1) is 10.4. The number of benzene rings is 1. The summed E-state index contributed by atoms with van der Waals surface area (Å²) in [6.07, 6.45) is 0.981. The predicted octanol–water partition coefficient (Wildman–Crippen LogP) is 1.56. The van der Waals surface area contributed by atoms with E-state index < -0.39 is 11.4 Å². The Hall–Kier alpha value is -0.710. The lowest BCUT2D eigenvalue weighted by Crippen LogP contribution is -1.96. The van der Waals surface area contributed by atoms with E-state index in [1.165, 1.54) is 5.56 Å². The van der Waals surface area contributed by atoms with Gasteiger partial charge in [0, 0.05) is 0 Å². The molecule has 0 bridgehead atoms. The third-order valence-corrected chi connectivity index (χ3v) is 2.06. The molecule has 0 spiro atoms. The second-order valence-corrected chi connectivity index (χ2v) is 3.28. The summed E-state index contributed by atoms with van der Waals surface area (Å²) in [6, 6.07) is 7.66. The van der Waals surface area contributed by atoms with E-state index in [0.29, 0.717) is 0 Å². The van der Waals surface area contributed by atoms with Crippen LogP contribution in [0, 0.1) is 0 Å². The molecule has 0 aliphatic rings. The van der Waals surface area contributed by atoms with Gasteiger partial charge in [0.2, 0.25) is 0 Å². The van der Waals surface area contributed by atoms with Crippen molar-refractivity contribution < 1.29 is 12.9 Å². The molecule has 1 aromatic carbocycles. The highest BCUT2D eigenvalue weighted by Gasteiger charge is 1.93. The molecule has 0 fully saturated rings. The minimum absolute atomic E-state index is 0.111. The average Bonchev–Trinajstić information content (AvgIpc) is 2.15. The highest BCUT2D eigenvalue weighted by molar-refractivity contribution is 7.74. The summed E-state index contributed by atoms with van der Waals surface area (Å²) < 4.78 is 24.6. The second-order valence-electron chi connectivity index (χ2n) is 2.64. The minimum Gasteiger partial charge on any atom is -0.750 e. The summed E-state index contributed by atoms with van der Waals surface area (Å²) >= 11 is -2.42. The van der Waals surface area contributed by atoms with Gasteiger partial charge >= 0.3 is 0 Å². The van der Waals surface area contributed by atoms with Crippen molar-refractivity contribution in [1.29, 1.82) is 0 Å². The Kier molecular flexibility index (Phi) is 4.08. The molecule has 3 nitrogen and oxygen atoms in total. The number of hydrogen-bond acceptors (Lipinski definition) is 3. The van der Waals surface area contributed by atoms with E-state index in [2.05, 4.69) is 11.1 Å². The van der Waals surface area contributed by atoms with E-state index in [0.717, 1.165) is 12.0 Å². The van der Waals surface area contributed by atoms with Gasteiger partial charge in [0.05, 0.1) is 18.0 Å². The minimum atomic E-state index is -2.42. The first-order valence-corrected chi connectivity index (χ1v) is 5.02. The Balaban J connectivity index is 2.54. The van der Waals surface area contributed by atoms with Crippen molar-refractivity contribution >= 4 is 11.4 Å². The van der Waals surface area contributed by atoms with Crippen molar-refractivity contribution in [3.63, 3.8) is 0 Å². The first-order chi connectivity index (χ1) is 6.22. The molecule has 13 heavy (non-hydrogen) atoms. The number of rotatable bonds is 4. The van der Waals surface area contributed by atoms with E-state index in [4.69, 9.17) is 0 Å².